The monoisotopic (exact) mass is 433 g/mol. The lowest BCUT2D eigenvalue weighted by Crippen LogP contribution is -2.37. The quantitative estimate of drug-likeness (QED) is 0.510. The molecule has 2 aromatic carbocycles. The number of amides is 1. The lowest BCUT2D eigenvalue weighted by atomic mass is 10.1. The molecule has 0 radical (unpaired) electrons. The number of carbonyl (C=O) groups is 2. The first-order valence-electron chi connectivity index (χ1n) is 10.4. The van der Waals surface area contributed by atoms with Crippen molar-refractivity contribution in [2.45, 2.75) is 26.8 Å². The van der Waals surface area contributed by atoms with Crippen LogP contribution in [0.4, 0.5) is 0 Å². The van der Waals surface area contributed by atoms with Gasteiger partial charge in [-0.05, 0) is 37.0 Å². The van der Waals surface area contributed by atoms with Crippen LogP contribution >= 0.6 is 0 Å². The lowest BCUT2D eigenvalue weighted by Gasteiger charge is -2.23. The molecule has 3 aromatic rings. The zero-order chi connectivity index (χ0) is 23.1. The van der Waals surface area contributed by atoms with Crippen LogP contribution in [0.25, 0.3) is 0 Å². The van der Waals surface area contributed by atoms with Crippen molar-refractivity contribution in [2.75, 3.05) is 13.2 Å². The Hall–Kier alpha value is -3.74. The Labute approximate surface area is 187 Å². The summed E-state index contributed by atoms with van der Waals surface area (Å²) in [5.74, 6) is -1.14. The minimum absolute atomic E-state index is 0.0910. The van der Waals surface area contributed by atoms with E-state index in [0.717, 1.165) is 15.8 Å². The molecule has 3 rings (SSSR count). The zero-order valence-electron chi connectivity index (χ0n) is 18.6. The molecule has 7 nitrogen and oxygen atoms in total. The summed E-state index contributed by atoms with van der Waals surface area (Å²) in [6, 6.07) is 19.5. The van der Waals surface area contributed by atoms with Gasteiger partial charge in [0.1, 0.15) is 5.56 Å². The molecule has 1 amide bonds. The standard InChI is InChI=1S/C25H27N3O4/c1-18-19(2)26-27(3)24(30)23(18)25(31)32-17-22(29)28(16-21-12-8-5-9-13-21)15-14-20-10-6-4-7-11-20/h4-13H,14-17H2,1-3H3. The zero-order valence-corrected chi connectivity index (χ0v) is 18.6. The Bertz CT molecular complexity index is 1140. The molecule has 0 spiro atoms. The van der Waals surface area contributed by atoms with Crippen LogP contribution in [-0.4, -0.2) is 39.7 Å². The van der Waals surface area contributed by atoms with E-state index < -0.39 is 18.1 Å². The van der Waals surface area contributed by atoms with Gasteiger partial charge in [0.2, 0.25) is 0 Å². The molecule has 1 aromatic heterocycles. The largest absolute Gasteiger partial charge is 0.452 e. The van der Waals surface area contributed by atoms with Gasteiger partial charge in [0.05, 0.1) is 5.69 Å². The molecule has 0 atom stereocenters. The third kappa shape index (κ3) is 5.69. The molecule has 0 unspecified atom stereocenters. The minimum Gasteiger partial charge on any atom is -0.452 e. The van der Waals surface area contributed by atoms with E-state index in [1.54, 1.807) is 18.7 Å². The number of rotatable bonds is 8. The minimum atomic E-state index is -0.815. The summed E-state index contributed by atoms with van der Waals surface area (Å²) in [4.78, 5) is 39.6. The van der Waals surface area contributed by atoms with Crippen molar-refractivity contribution in [2.24, 2.45) is 7.05 Å². The van der Waals surface area contributed by atoms with Gasteiger partial charge in [-0.25, -0.2) is 9.48 Å². The predicted octanol–water partition coefficient (Wildman–Crippen LogP) is 2.83. The summed E-state index contributed by atoms with van der Waals surface area (Å²) in [6.45, 7) is 3.79. The van der Waals surface area contributed by atoms with Crippen LogP contribution < -0.4 is 5.56 Å². The summed E-state index contributed by atoms with van der Waals surface area (Å²) in [5, 5.41) is 4.06. The summed E-state index contributed by atoms with van der Waals surface area (Å²) in [5.41, 5.74) is 2.47. The van der Waals surface area contributed by atoms with Crippen molar-refractivity contribution in [3.05, 3.63) is 99.0 Å². The van der Waals surface area contributed by atoms with Crippen molar-refractivity contribution in [3.63, 3.8) is 0 Å². The van der Waals surface area contributed by atoms with Gasteiger partial charge < -0.3 is 9.64 Å². The fourth-order valence-corrected chi connectivity index (χ4v) is 3.38. The second-order valence-corrected chi connectivity index (χ2v) is 7.63. The molecule has 0 aliphatic carbocycles. The van der Waals surface area contributed by atoms with E-state index >= 15 is 0 Å². The molecule has 0 N–H and O–H groups in total. The molecular formula is C25H27N3O4. The number of benzene rings is 2. The summed E-state index contributed by atoms with van der Waals surface area (Å²) in [7, 11) is 1.47. The van der Waals surface area contributed by atoms with Gasteiger partial charge in [-0.3, -0.25) is 9.59 Å². The molecule has 1 heterocycles. The van der Waals surface area contributed by atoms with Crippen molar-refractivity contribution >= 4 is 11.9 Å². The van der Waals surface area contributed by atoms with Gasteiger partial charge in [0.15, 0.2) is 6.61 Å². The number of nitrogens with zero attached hydrogens (tertiary/aromatic N) is 3. The molecule has 0 fully saturated rings. The Kier molecular flexibility index (Phi) is 7.54. The van der Waals surface area contributed by atoms with E-state index in [9.17, 15) is 14.4 Å². The smallest absolute Gasteiger partial charge is 0.344 e. The van der Waals surface area contributed by atoms with Crippen LogP contribution in [-0.2, 0) is 29.5 Å². The molecule has 0 aliphatic heterocycles. The van der Waals surface area contributed by atoms with Crippen LogP contribution in [0.15, 0.2) is 65.5 Å². The Balaban J connectivity index is 1.71. The number of aromatic nitrogens is 2. The van der Waals surface area contributed by atoms with Gasteiger partial charge in [-0.15, -0.1) is 0 Å². The molecule has 0 saturated heterocycles. The maximum absolute atomic E-state index is 13.0. The van der Waals surface area contributed by atoms with Crippen LogP contribution in [0.5, 0.6) is 0 Å². The normalized spacial score (nSPS) is 10.6. The van der Waals surface area contributed by atoms with Crippen LogP contribution in [0, 0.1) is 13.8 Å². The van der Waals surface area contributed by atoms with Gasteiger partial charge in [0.25, 0.3) is 11.5 Å². The van der Waals surface area contributed by atoms with Crippen molar-refractivity contribution < 1.29 is 14.3 Å². The average molecular weight is 434 g/mol. The number of aryl methyl sites for hydroxylation is 2. The summed E-state index contributed by atoms with van der Waals surface area (Å²) < 4.78 is 6.36. The summed E-state index contributed by atoms with van der Waals surface area (Å²) in [6.07, 6.45) is 0.677. The van der Waals surface area contributed by atoms with Crippen LogP contribution in [0.3, 0.4) is 0 Å². The topological polar surface area (TPSA) is 81.5 Å². The third-order valence-electron chi connectivity index (χ3n) is 5.34. The van der Waals surface area contributed by atoms with E-state index in [1.165, 1.54) is 7.05 Å². The average Bonchev–Trinajstić information content (AvgIpc) is 2.80. The number of hydrogen-bond donors (Lipinski definition) is 0. The fraction of sp³-hybridized carbons (Fsp3) is 0.280. The molecule has 0 saturated carbocycles. The summed E-state index contributed by atoms with van der Waals surface area (Å²) >= 11 is 0. The predicted molar refractivity (Wildman–Crippen MR) is 121 cm³/mol. The van der Waals surface area contributed by atoms with Crippen molar-refractivity contribution in [1.29, 1.82) is 0 Å². The van der Waals surface area contributed by atoms with Crippen molar-refractivity contribution in [3.8, 4) is 0 Å². The Morgan fingerprint density at radius 2 is 1.56 bits per heavy atom. The molecule has 0 bridgehead atoms. The molecule has 166 valence electrons. The van der Waals surface area contributed by atoms with E-state index in [-0.39, 0.29) is 11.5 Å². The first kappa shape index (κ1) is 22.9. The maximum atomic E-state index is 13.0. The molecule has 32 heavy (non-hydrogen) atoms. The van der Waals surface area contributed by atoms with E-state index in [2.05, 4.69) is 5.10 Å². The van der Waals surface area contributed by atoms with Gasteiger partial charge in [0, 0.05) is 20.1 Å². The van der Waals surface area contributed by atoms with E-state index in [1.807, 2.05) is 60.7 Å². The second-order valence-electron chi connectivity index (χ2n) is 7.63. The van der Waals surface area contributed by atoms with Crippen LogP contribution in [0.2, 0.25) is 0 Å². The highest BCUT2D eigenvalue weighted by atomic mass is 16.5. The highest BCUT2D eigenvalue weighted by Crippen LogP contribution is 2.10. The molecule has 0 aliphatic rings. The van der Waals surface area contributed by atoms with Crippen LogP contribution in [0.1, 0.15) is 32.7 Å². The maximum Gasteiger partial charge on any atom is 0.344 e. The van der Waals surface area contributed by atoms with Crippen molar-refractivity contribution in [1.82, 2.24) is 14.7 Å². The Morgan fingerprint density at radius 1 is 0.969 bits per heavy atom. The first-order chi connectivity index (χ1) is 15.4. The highest BCUT2D eigenvalue weighted by molar-refractivity contribution is 5.92. The van der Waals surface area contributed by atoms with Gasteiger partial charge in [-0.1, -0.05) is 60.7 Å². The second kappa shape index (κ2) is 10.5. The number of ether oxygens (including phenoxy) is 1. The highest BCUT2D eigenvalue weighted by Gasteiger charge is 2.22. The number of carbonyl (C=O) groups excluding carboxylic acids is 2. The third-order valence-corrected chi connectivity index (χ3v) is 5.34. The number of esters is 1. The molecule has 7 heteroatoms. The molecular weight excluding hydrogens is 406 g/mol. The fourth-order valence-electron chi connectivity index (χ4n) is 3.38. The van der Waals surface area contributed by atoms with E-state index in [4.69, 9.17) is 4.74 Å². The van der Waals surface area contributed by atoms with Gasteiger partial charge in [-0.2, -0.15) is 5.10 Å². The SMILES string of the molecule is Cc1nn(C)c(=O)c(C(=O)OCC(=O)N(CCc2ccccc2)Cc2ccccc2)c1C. The first-order valence-corrected chi connectivity index (χ1v) is 10.4. The van der Waals surface area contributed by atoms with E-state index in [0.29, 0.717) is 30.8 Å². The Morgan fingerprint density at radius 3 is 2.19 bits per heavy atom. The lowest BCUT2D eigenvalue weighted by molar-refractivity contribution is -0.135. The number of hydrogen-bond acceptors (Lipinski definition) is 5. The van der Waals surface area contributed by atoms with Gasteiger partial charge >= 0.3 is 5.97 Å².